The third-order valence-electron chi connectivity index (χ3n) is 0.958. The predicted octanol–water partition coefficient (Wildman–Crippen LogP) is -0.310. The van der Waals surface area contributed by atoms with E-state index in [-0.39, 0.29) is 10.2 Å². The van der Waals surface area contributed by atoms with Crippen molar-refractivity contribution in [3.63, 3.8) is 0 Å². The monoisotopic (exact) mass is 192 g/mol. The van der Waals surface area contributed by atoms with Crippen molar-refractivity contribution < 1.29 is 0 Å². The Morgan fingerprint density at radius 3 is 2.27 bits per heavy atom. The normalized spacial score (nSPS) is 8.82. The van der Waals surface area contributed by atoms with Crippen LogP contribution in [0.5, 0.6) is 0 Å². The van der Waals surface area contributed by atoms with Gasteiger partial charge in [-0.15, -0.1) is 0 Å². The molecule has 0 aromatic rings. The van der Waals surface area contributed by atoms with Crippen molar-refractivity contribution in [2.75, 3.05) is 6.54 Å². The lowest BCUT2D eigenvalue weighted by atomic mass is 10.5. The minimum absolute atomic E-state index is 0.172. The highest BCUT2D eigenvalue weighted by Crippen LogP contribution is 1.85. The first kappa shape index (κ1) is 10.4. The Morgan fingerprint density at radius 2 is 2.00 bits per heavy atom. The van der Waals surface area contributed by atoms with Gasteiger partial charge in [-0.2, -0.15) is 0 Å². The van der Waals surface area contributed by atoms with Gasteiger partial charge in [-0.05, 0) is 30.9 Å². The van der Waals surface area contributed by atoms with E-state index in [0.717, 1.165) is 6.42 Å². The summed E-state index contributed by atoms with van der Waals surface area (Å²) in [5.41, 5.74) is 13.2. The van der Waals surface area contributed by atoms with Crippen molar-refractivity contribution in [1.82, 2.24) is 10.4 Å². The molecule has 0 saturated heterocycles. The summed E-state index contributed by atoms with van der Waals surface area (Å²) in [6, 6.07) is 0. The largest absolute Gasteiger partial charge is 0.375 e. The maximum absolute atomic E-state index is 5.35. The third-order valence-corrected chi connectivity index (χ3v) is 1.27. The quantitative estimate of drug-likeness (QED) is 0.412. The third kappa shape index (κ3) is 4.74. The Kier molecular flexibility index (Phi) is 4.80. The molecule has 0 aliphatic carbocycles. The lowest BCUT2D eigenvalue weighted by Crippen LogP contribution is -2.50. The van der Waals surface area contributed by atoms with E-state index in [1.807, 2.05) is 6.92 Å². The number of nitrogens with two attached hydrogens (primary N) is 2. The fourth-order valence-electron chi connectivity index (χ4n) is 0.578. The zero-order chi connectivity index (χ0) is 8.85. The van der Waals surface area contributed by atoms with E-state index in [1.54, 1.807) is 0 Å². The summed E-state index contributed by atoms with van der Waals surface area (Å²) >= 11 is 9.34. The topological polar surface area (TPSA) is 67.3 Å². The van der Waals surface area contributed by atoms with Gasteiger partial charge in [-0.1, -0.05) is 6.92 Å². The number of hydrogen-bond donors (Lipinski definition) is 3. The minimum Gasteiger partial charge on any atom is -0.375 e. The van der Waals surface area contributed by atoms with Gasteiger partial charge in [0, 0.05) is 6.54 Å². The highest BCUT2D eigenvalue weighted by atomic mass is 32.1. The number of nitrogens with one attached hydrogen (secondary N) is 1. The molecular formula is C5H12N4S2. The van der Waals surface area contributed by atoms with E-state index in [4.69, 9.17) is 23.7 Å². The molecule has 0 unspecified atom stereocenters. The second-order valence-electron chi connectivity index (χ2n) is 1.97. The first-order chi connectivity index (χ1) is 5.07. The maximum Gasteiger partial charge on any atom is 0.185 e. The molecular weight excluding hydrogens is 180 g/mol. The molecule has 0 spiro atoms. The first-order valence-corrected chi connectivity index (χ1v) is 4.02. The zero-order valence-corrected chi connectivity index (χ0v) is 7.97. The van der Waals surface area contributed by atoms with Crippen molar-refractivity contribution in [1.29, 1.82) is 0 Å². The summed E-state index contributed by atoms with van der Waals surface area (Å²) in [4.78, 5) is 0. The molecule has 0 aromatic carbocycles. The molecule has 0 aromatic heterocycles. The molecule has 0 amide bonds. The summed E-state index contributed by atoms with van der Waals surface area (Å²) < 4.78 is 0. The van der Waals surface area contributed by atoms with Crippen molar-refractivity contribution in [3.8, 4) is 0 Å². The zero-order valence-electron chi connectivity index (χ0n) is 6.33. The highest BCUT2D eigenvalue weighted by Gasteiger charge is 2.03. The molecule has 0 aliphatic rings. The standard InChI is InChI=1S/C5H12N4S2/c1-2-3-9(5(7)11)8-4(6)10/h2-3H2,1H3,(H2,7,11)(H3,6,8,10). The molecule has 4 nitrogen and oxygen atoms in total. The van der Waals surface area contributed by atoms with Crippen molar-refractivity contribution in [2.24, 2.45) is 11.5 Å². The summed E-state index contributed by atoms with van der Waals surface area (Å²) in [5, 5.41) is 1.96. The van der Waals surface area contributed by atoms with E-state index in [0.29, 0.717) is 6.54 Å². The van der Waals surface area contributed by atoms with Gasteiger partial charge in [-0.3, -0.25) is 10.4 Å². The van der Waals surface area contributed by atoms with Crippen LogP contribution in [-0.4, -0.2) is 21.8 Å². The van der Waals surface area contributed by atoms with Gasteiger partial charge < -0.3 is 11.5 Å². The molecule has 64 valence electrons. The van der Waals surface area contributed by atoms with Crippen LogP contribution >= 0.6 is 24.4 Å². The van der Waals surface area contributed by atoms with E-state index in [1.165, 1.54) is 5.01 Å². The fraction of sp³-hybridized carbons (Fsp3) is 0.600. The number of hydrazine groups is 1. The number of thiocarbonyl (C=S) groups is 2. The summed E-state index contributed by atoms with van der Waals surface area (Å²) in [6.45, 7) is 2.71. The average molecular weight is 192 g/mol. The van der Waals surface area contributed by atoms with Crippen molar-refractivity contribution in [2.45, 2.75) is 13.3 Å². The van der Waals surface area contributed by atoms with Crippen LogP contribution in [0, 0.1) is 0 Å². The van der Waals surface area contributed by atoms with Crippen LogP contribution in [0.15, 0.2) is 0 Å². The second kappa shape index (κ2) is 5.09. The Hall–Kier alpha value is -0.620. The summed E-state index contributed by atoms with van der Waals surface area (Å²) in [7, 11) is 0. The Morgan fingerprint density at radius 1 is 1.45 bits per heavy atom. The first-order valence-electron chi connectivity index (χ1n) is 3.21. The molecule has 0 radical (unpaired) electrons. The fourth-order valence-corrected chi connectivity index (χ4v) is 0.825. The average Bonchev–Trinajstić information content (AvgIpc) is 1.86. The lowest BCUT2D eigenvalue weighted by Gasteiger charge is -2.22. The van der Waals surface area contributed by atoms with Gasteiger partial charge in [0.25, 0.3) is 0 Å². The maximum atomic E-state index is 5.35. The molecule has 6 heteroatoms. The van der Waals surface area contributed by atoms with E-state index >= 15 is 0 Å². The lowest BCUT2D eigenvalue weighted by molar-refractivity contribution is 0.380. The molecule has 5 N–H and O–H groups in total. The molecule has 0 aliphatic heterocycles. The number of nitrogens with zero attached hydrogens (tertiary/aromatic N) is 1. The van der Waals surface area contributed by atoms with E-state index in [9.17, 15) is 0 Å². The van der Waals surface area contributed by atoms with Crippen LogP contribution in [-0.2, 0) is 0 Å². The summed E-state index contributed by atoms with van der Waals surface area (Å²) in [5.74, 6) is 0. The predicted molar refractivity (Wildman–Crippen MR) is 53.7 cm³/mol. The van der Waals surface area contributed by atoms with Crippen LogP contribution in [0.25, 0.3) is 0 Å². The Balaban J connectivity index is 3.89. The molecule has 11 heavy (non-hydrogen) atoms. The van der Waals surface area contributed by atoms with Gasteiger partial charge in [0.05, 0.1) is 0 Å². The smallest absolute Gasteiger partial charge is 0.185 e. The Labute approximate surface area is 76.9 Å². The highest BCUT2D eigenvalue weighted by molar-refractivity contribution is 7.80. The van der Waals surface area contributed by atoms with Gasteiger partial charge in [-0.25, -0.2) is 0 Å². The minimum atomic E-state index is 0.172. The molecule has 0 atom stereocenters. The number of hydrogen-bond acceptors (Lipinski definition) is 2. The van der Waals surface area contributed by atoms with Gasteiger partial charge in [0.1, 0.15) is 0 Å². The van der Waals surface area contributed by atoms with Crippen LogP contribution < -0.4 is 16.9 Å². The van der Waals surface area contributed by atoms with E-state index < -0.39 is 0 Å². The van der Waals surface area contributed by atoms with Gasteiger partial charge >= 0.3 is 0 Å². The van der Waals surface area contributed by atoms with Crippen LogP contribution in [0.2, 0.25) is 0 Å². The molecule has 0 saturated carbocycles. The molecule has 0 fully saturated rings. The SMILES string of the molecule is CCCN(NC(N)=S)C(N)=S. The van der Waals surface area contributed by atoms with E-state index in [2.05, 4.69) is 17.6 Å². The molecule has 0 heterocycles. The number of rotatable bonds is 2. The van der Waals surface area contributed by atoms with Crippen LogP contribution in [0.1, 0.15) is 13.3 Å². The van der Waals surface area contributed by atoms with Gasteiger partial charge in [0.2, 0.25) is 0 Å². The van der Waals surface area contributed by atoms with Crippen LogP contribution in [0.3, 0.4) is 0 Å². The molecule has 0 rings (SSSR count). The summed E-state index contributed by atoms with van der Waals surface area (Å²) in [6.07, 6.45) is 0.924. The second-order valence-corrected chi connectivity index (χ2v) is 2.82. The Bertz CT molecular complexity index is 159. The van der Waals surface area contributed by atoms with Crippen LogP contribution in [0.4, 0.5) is 0 Å². The van der Waals surface area contributed by atoms with Crippen molar-refractivity contribution in [3.05, 3.63) is 0 Å². The van der Waals surface area contributed by atoms with Crippen molar-refractivity contribution >= 4 is 34.7 Å². The van der Waals surface area contributed by atoms with Gasteiger partial charge in [0.15, 0.2) is 10.2 Å². The molecule has 0 bridgehead atoms.